The molecule has 1 aliphatic heterocycles. The fourth-order valence-electron chi connectivity index (χ4n) is 2.76. The highest BCUT2D eigenvalue weighted by atomic mass is 16.7. The van der Waals surface area contributed by atoms with Crippen LogP contribution in [-0.2, 0) is 9.47 Å². The Kier molecular flexibility index (Phi) is 3.81. The van der Waals surface area contributed by atoms with Crippen LogP contribution in [0.2, 0.25) is 0 Å². The molecule has 2 nitrogen and oxygen atoms in total. The van der Waals surface area contributed by atoms with Gasteiger partial charge in [-0.2, -0.15) is 0 Å². The Morgan fingerprint density at radius 3 is 2.35 bits per heavy atom. The number of rotatable bonds is 1. The first-order valence-corrected chi connectivity index (χ1v) is 7.73. The Bertz CT molecular complexity index is 896. The first-order chi connectivity index (χ1) is 11.4. The van der Waals surface area contributed by atoms with E-state index in [4.69, 9.17) is 9.47 Å². The van der Waals surface area contributed by atoms with Gasteiger partial charge in [0.15, 0.2) is 6.29 Å². The van der Waals surface area contributed by atoms with Crippen LogP contribution in [0.3, 0.4) is 0 Å². The third kappa shape index (κ3) is 2.98. The fraction of sp³-hybridized carbons (Fsp3) is 0.143. The molecule has 0 N–H and O–H groups in total. The molecule has 1 heterocycles. The van der Waals surface area contributed by atoms with Crippen molar-refractivity contribution in [3.8, 4) is 11.8 Å². The summed E-state index contributed by atoms with van der Waals surface area (Å²) in [4.78, 5) is 0. The Labute approximate surface area is 135 Å². The van der Waals surface area contributed by atoms with E-state index in [0.717, 1.165) is 16.7 Å². The van der Waals surface area contributed by atoms with Crippen molar-refractivity contribution in [2.75, 3.05) is 13.2 Å². The van der Waals surface area contributed by atoms with E-state index in [9.17, 15) is 0 Å². The number of hydrogen-bond acceptors (Lipinski definition) is 2. The van der Waals surface area contributed by atoms with Crippen molar-refractivity contribution in [2.45, 2.75) is 6.29 Å². The highest BCUT2D eigenvalue weighted by molar-refractivity contribution is 5.83. The number of ether oxygens (including phenoxy) is 2. The third-order valence-electron chi connectivity index (χ3n) is 3.93. The first-order valence-electron chi connectivity index (χ1n) is 7.73. The molecule has 3 aromatic carbocycles. The molecule has 2 heteroatoms. The lowest BCUT2D eigenvalue weighted by Gasteiger charge is -2.10. The van der Waals surface area contributed by atoms with Crippen LogP contribution in [0, 0.1) is 11.8 Å². The van der Waals surface area contributed by atoms with Gasteiger partial charge >= 0.3 is 0 Å². The van der Waals surface area contributed by atoms with E-state index in [2.05, 4.69) is 42.2 Å². The Hall–Kier alpha value is -2.60. The summed E-state index contributed by atoms with van der Waals surface area (Å²) >= 11 is 0. The van der Waals surface area contributed by atoms with Gasteiger partial charge in [-0.3, -0.25) is 0 Å². The van der Waals surface area contributed by atoms with Crippen LogP contribution in [0.15, 0.2) is 66.7 Å². The van der Waals surface area contributed by atoms with E-state index in [0.29, 0.717) is 13.2 Å². The van der Waals surface area contributed by atoms with Gasteiger partial charge in [-0.25, -0.2) is 0 Å². The lowest BCUT2D eigenvalue weighted by Crippen LogP contribution is -2.00. The molecule has 3 aromatic rings. The molecule has 0 amide bonds. The van der Waals surface area contributed by atoms with Gasteiger partial charge in [0.2, 0.25) is 0 Å². The van der Waals surface area contributed by atoms with Gasteiger partial charge < -0.3 is 9.47 Å². The smallest absolute Gasteiger partial charge is 0.185 e. The van der Waals surface area contributed by atoms with Crippen molar-refractivity contribution >= 4 is 10.8 Å². The van der Waals surface area contributed by atoms with Gasteiger partial charge in [-0.05, 0) is 29.0 Å². The average Bonchev–Trinajstić information content (AvgIpc) is 3.14. The molecule has 0 unspecified atom stereocenters. The van der Waals surface area contributed by atoms with Crippen molar-refractivity contribution in [1.29, 1.82) is 0 Å². The van der Waals surface area contributed by atoms with Gasteiger partial charge in [0.25, 0.3) is 0 Å². The standard InChI is InChI=1S/C21H16O2/c1-2-7-19-15-16(9-11-17(19)5-1)10-12-18-6-3-4-8-20(18)21-22-13-14-23-21/h1-9,11,15,21H,13-14H2. The summed E-state index contributed by atoms with van der Waals surface area (Å²) in [5.41, 5.74) is 2.96. The van der Waals surface area contributed by atoms with Crippen LogP contribution in [0.25, 0.3) is 10.8 Å². The topological polar surface area (TPSA) is 18.5 Å². The van der Waals surface area contributed by atoms with Gasteiger partial charge in [0.05, 0.1) is 13.2 Å². The van der Waals surface area contributed by atoms with E-state index >= 15 is 0 Å². The highest BCUT2D eigenvalue weighted by Gasteiger charge is 2.20. The molecule has 0 radical (unpaired) electrons. The largest absolute Gasteiger partial charge is 0.346 e. The molecule has 0 atom stereocenters. The first kappa shape index (κ1) is 14.0. The highest BCUT2D eigenvalue weighted by Crippen LogP contribution is 2.25. The molecule has 0 bridgehead atoms. The maximum absolute atomic E-state index is 5.60. The number of fused-ring (bicyclic) bond motifs is 1. The van der Waals surface area contributed by atoms with Crippen LogP contribution in [-0.4, -0.2) is 13.2 Å². The maximum atomic E-state index is 5.60. The molecule has 0 spiro atoms. The van der Waals surface area contributed by atoms with Gasteiger partial charge in [0.1, 0.15) is 0 Å². The molecule has 23 heavy (non-hydrogen) atoms. The van der Waals surface area contributed by atoms with Crippen LogP contribution in [0.1, 0.15) is 23.0 Å². The van der Waals surface area contributed by atoms with E-state index in [1.54, 1.807) is 0 Å². The van der Waals surface area contributed by atoms with E-state index in [1.807, 2.05) is 36.4 Å². The summed E-state index contributed by atoms with van der Waals surface area (Å²) in [7, 11) is 0. The van der Waals surface area contributed by atoms with Crippen LogP contribution in [0.4, 0.5) is 0 Å². The number of hydrogen-bond donors (Lipinski definition) is 0. The van der Waals surface area contributed by atoms with Crippen LogP contribution in [0.5, 0.6) is 0 Å². The summed E-state index contributed by atoms with van der Waals surface area (Å²) in [6.45, 7) is 1.27. The molecule has 0 aromatic heterocycles. The predicted octanol–water partition coefficient (Wildman–Crippen LogP) is 4.29. The molecule has 0 saturated carbocycles. The zero-order valence-corrected chi connectivity index (χ0v) is 12.7. The van der Waals surface area contributed by atoms with Crippen molar-refractivity contribution < 1.29 is 9.47 Å². The quantitative estimate of drug-likeness (QED) is 0.624. The van der Waals surface area contributed by atoms with Crippen LogP contribution < -0.4 is 0 Å². The SMILES string of the molecule is C(#Cc1ccccc1C1OCCO1)c1ccc2ccccc2c1. The molecule has 4 rings (SSSR count). The van der Waals surface area contributed by atoms with Crippen molar-refractivity contribution in [3.05, 3.63) is 83.4 Å². The molecule has 0 aliphatic carbocycles. The van der Waals surface area contributed by atoms with E-state index in [-0.39, 0.29) is 6.29 Å². The minimum absolute atomic E-state index is 0.294. The summed E-state index contributed by atoms with van der Waals surface area (Å²) in [5, 5.41) is 2.43. The lowest BCUT2D eigenvalue weighted by molar-refractivity contribution is -0.0442. The zero-order valence-electron chi connectivity index (χ0n) is 12.7. The van der Waals surface area contributed by atoms with E-state index < -0.39 is 0 Å². The number of benzene rings is 3. The van der Waals surface area contributed by atoms with Crippen molar-refractivity contribution in [1.82, 2.24) is 0 Å². The van der Waals surface area contributed by atoms with Crippen molar-refractivity contribution in [3.63, 3.8) is 0 Å². The Morgan fingerprint density at radius 1 is 0.739 bits per heavy atom. The minimum atomic E-state index is -0.294. The van der Waals surface area contributed by atoms with Gasteiger partial charge in [-0.15, -0.1) is 0 Å². The average molecular weight is 300 g/mol. The minimum Gasteiger partial charge on any atom is -0.346 e. The predicted molar refractivity (Wildman–Crippen MR) is 91.0 cm³/mol. The summed E-state index contributed by atoms with van der Waals surface area (Å²) in [6, 6.07) is 22.6. The molecule has 112 valence electrons. The summed E-state index contributed by atoms with van der Waals surface area (Å²) in [6.07, 6.45) is -0.294. The summed E-state index contributed by atoms with van der Waals surface area (Å²) in [5.74, 6) is 6.52. The molecular weight excluding hydrogens is 284 g/mol. The maximum Gasteiger partial charge on any atom is 0.185 e. The second kappa shape index (κ2) is 6.26. The second-order valence-corrected chi connectivity index (χ2v) is 5.47. The van der Waals surface area contributed by atoms with Crippen LogP contribution >= 0.6 is 0 Å². The Morgan fingerprint density at radius 2 is 1.48 bits per heavy atom. The lowest BCUT2D eigenvalue weighted by atomic mass is 10.1. The molecule has 1 fully saturated rings. The molecule has 1 aliphatic rings. The second-order valence-electron chi connectivity index (χ2n) is 5.47. The normalized spacial score (nSPS) is 14.6. The van der Waals surface area contributed by atoms with Gasteiger partial charge in [-0.1, -0.05) is 60.4 Å². The molecular formula is C21H16O2. The Balaban J connectivity index is 1.69. The molecule has 1 saturated heterocycles. The van der Waals surface area contributed by atoms with Gasteiger partial charge in [0, 0.05) is 16.7 Å². The van der Waals surface area contributed by atoms with Crippen molar-refractivity contribution in [2.24, 2.45) is 0 Å². The zero-order chi connectivity index (χ0) is 15.5. The third-order valence-corrected chi connectivity index (χ3v) is 3.93. The monoisotopic (exact) mass is 300 g/mol. The van der Waals surface area contributed by atoms with E-state index in [1.165, 1.54) is 10.8 Å². The summed E-state index contributed by atoms with van der Waals surface area (Å²) < 4.78 is 11.2. The fourth-order valence-corrected chi connectivity index (χ4v) is 2.76.